The van der Waals surface area contributed by atoms with Gasteiger partial charge in [0.25, 0.3) is 0 Å². The quantitative estimate of drug-likeness (QED) is 0.458. The van der Waals surface area contributed by atoms with E-state index in [1.54, 1.807) is 11.1 Å². The van der Waals surface area contributed by atoms with E-state index in [0.29, 0.717) is 30.6 Å². The van der Waals surface area contributed by atoms with Gasteiger partial charge < -0.3 is 19.4 Å². The number of anilines is 2. The Morgan fingerprint density at radius 3 is 2.61 bits per heavy atom. The minimum atomic E-state index is -0.482. The molecule has 0 saturated carbocycles. The monoisotopic (exact) mass is 553 g/mol. The number of piperidine rings is 1. The second-order valence-electron chi connectivity index (χ2n) is 12.7. The number of fused-ring (bicyclic) bond motifs is 2. The van der Waals surface area contributed by atoms with Crippen LogP contribution < -0.4 is 9.80 Å². The molecule has 2 aromatic heterocycles. The average Bonchev–Trinajstić information content (AvgIpc) is 3.39. The largest absolute Gasteiger partial charge is 0.444 e. The summed E-state index contributed by atoms with van der Waals surface area (Å²) in [6.07, 6.45) is 4.67. The zero-order valence-electron chi connectivity index (χ0n) is 24.5. The molecule has 0 radical (unpaired) electrons. The molecule has 0 spiro atoms. The molecule has 41 heavy (non-hydrogen) atoms. The van der Waals surface area contributed by atoms with Gasteiger partial charge in [0.1, 0.15) is 11.7 Å². The summed E-state index contributed by atoms with van der Waals surface area (Å²) in [7, 11) is 0. The number of ether oxygens (including phenoxy) is 1. The summed E-state index contributed by atoms with van der Waals surface area (Å²) in [6, 6.07) is 13.0. The number of aromatic nitrogens is 2. The zero-order valence-corrected chi connectivity index (χ0v) is 24.5. The summed E-state index contributed by atoms with van der Waals surface area (Å²) < 4.78 is 5.55. The van der Waals surface area contributed by atoms with Gasteiger partial charge in [-0.15, -0.1) is 0 Å². The van der Waals surface area contributed by atoms with Crippen LogP contribution in [-0.2, 0) is 17.8 Å². The number of pyridine rings is 2. The van der Waals surface area contributed by atoms with E-state index in [1.165, 1.54) is 11.3 Å². The van der Waals surface area contributed by atoms with Crippen molar-refractivity contribution in [3.63, 3.8) is 0 Å². The average molecular weight is 554 g/mol. The second kappa shape index (κ2) is 10.8. The van der Waals surface area contributed by atoms with E-state index in [1.807, 2.05) is 39.1 Å². The molecule has 2 fully saturated rings. The van der Waals surface area contributed by atoms with Gasteiger partial charge in [-0.25, -0.2) is 4.79 Å². The summed E-state index contributed by atoms with van der Waals surface area (Å²) in [6.45, 7) is 14.6. The summed E-state index contributed by atoms with van der Waals surface area (Å²) in [5.41, 5.74) is 5.67. The second-order valence-corrected chi connectivity index (χ2v) is 12.7. The Labute approximate surface area is 242 Å². The predicted molar refractivity (Wildman–Crippen MR) is 160 cm³/mol. The van der Waals surface area contributed by atoms with Crippen LogP contribution >= 0.6 is 0 Å². The van der Waals surface area contributed by atoms with E-state index in [2.05, 4.69) is 50.9 Å². The van der Waals surface area contributed by atoms with Crippen molar-refractivity contribution in [2.45, 2.75) is 58.8 Å². The smallest absolute Gasteiger partial charge is 0.410 e. The third-order valence-electron chi connectivity index (χ3n) is 8.43. The maximum absolute atomic E-state index is 12.5. The molecular weight excluding hydrogens is 514 g/mol. The van der Waals surface area contributed by atoms with Crippen LogP contribution in [0.5, 0.6) is 0 Å². The maximum Gasteiger partial charge on any atom is 0.410 e. The SMILES string of the molecule is C[C@H]1C[C@@H](N2Cc3cc(N4CCN(C(=O)OC(C)(C)C)CC4)cnc3C2)CN(c2ccc(C#N)c3ncccc23)C1. The number of carbonyl (C=O) groups excluding carboxylic acids is 1. The van der Waals surface area contributed by atoms with Gasteiger partial charge in [0.05, 0.1) is 28.7 Å². The Morgan fingerprint density at radius 2 is 1.85 bits per heavy atom. The Kier molecular flexibility index (Phi) is 7.20. The van der Waals surface area contributed by atoms with Crippen LogP contribution in [0.2, 0.25) is 0 Å². The minimum absolute atomic E-state index is 0.235. The highest BCUT2D eigenvalue weighted by Gasteiger charge is 2.34. The van der Waals surface area contributed by atoms with E-state index >= 15 is 0 Å². The molecule has 1 aromatic carbocycles. The number of rotatable bonds is 3. The van der Waals surface area contributed by atoms with Gasteiger partial charge in [-0.2, -0.15) is 5.26 Å². The first-order valence-electron chi connectivity index (χ1n) is 14.7. The summed E-state index contributed by atoms with van der Waals surface area (Å²) in [5, 5.41) is 10.6. The molecule has 0 bridgehead atoms. The molecule has 214 valence electrons. The topological polar surface area (TPSA) is 88.8 Å². The first-order valence-corrected chi connectivity index (χ1v) is 14.7. The first kappa shape index (κ1) is 27.3. The normalized spacial score (nSPS) is 21.6. The number of nitriles is 1. The number of amides is 1. The molecule has 1 amide bonds. The molecule has 0 N–H and O–H groups in total. The Balaban J connectivity index is 1.13. The number of hydrogen-bond donors (Lipinski definition) is 0. The van der Waals surface area contributed by atoms with Crippen LogP contribution in [0, 0.1) is 17.2 Å². The number of nitrogens with zero attached hydrogens (tertiary/aromatic N) is 7. The summed E-state index contributed by atoms with van der Waals surface area (Å²) in [4.78, 5) is 31.1. The van der Waals surface area contributed by atoms with Crippen LogP contribution in [0.1, 0.15) is 50.9 Å². The van der Waals surface area contributed by atoms with Crippen molar-refractivity contribution < 1.29 is 9.53 Å². The number of hydrogen-bond acceptors (Lipinski definition) is 8. The fourth-order valence-corrected chi connectivity index (χ4v) is 6.48. The van der Waals surface area contributed by atoms with Gasteiger partial charge in [0, 0.05) is 75.7 Å². The van der Waals surface area contributed by atoms with Gasteiger partial charge in [0.2, 0.25) is 0 Å². The van der Waals surface area contributed by atoms with Gasteiger partial charge in [-0.05, 0) is 69.0 Å². The molecule has 6 rings (SSSR count). The maximum atomic E-state index is 12.5. The van der Waals surface area contributed by atoms with Crippen molar-refractivity contribution in [3.05, 3.63) is 59.5 Å². The molecule has 5 heterocycles. The fourth-order valence-electron chi connectivity index (χ4n) is 6.48. The zero-order chi connectivity index (χ0) is 28.7. The van der Waals surface area contributed by atoms with E-state index in [4.69, 9.17) is 9.72 Å². The van der Waals surface area contributed by atoms with Gasteiger partial charge in [-0.1, -0.05) is 6.92 Å². The lowest BCUT2D eigenvalue weighted by Crippen LogP contribution is -2.50. The Morgan fingerprint density at radius 1 is 1.05 bits per heavy atom. The molecule has 9 nitrogen and oxygen atoms in total. The third kappa shape index (κ3) is 5.66. The van der Waals surface area contributed by atoms with E-state index < -0.39 is 5.60 Å². The van der Waals surface area contributed by atoms with E-state index in [-0.39, 0.29) is 6.09 Å². The molecule has 9 heteroatoms. The van der Waals surface area contributed by atoms with Crippen molar-refractivity contribution in [3.8, 4) is 6.07 Å². The first-order chi connectivity index (χ1) is 19.7. The van der Waals surface area contributed by atoms with Gasteiger partial charge in [0.15, 0.2) is 0 Å². The lowest BCUT2D eigenvalue weighted by molar-refractivity contribution is 0.0240. The summed E-state index contributed by atoms with van der Waals surface area (Å²) in [5.74, 6) is 0.546. The van der Waals surface area contributed by atoms with Crippen molar-refractivity contribution in [2.24, 2.45) is 5.92 Å². The van der Waals surface area contributed by atoms with Crippen LogP contribution in [0.25, 0.3) is 10.9 Å². The van der Waals surface area contributed by atoms with Crippen LogP contribution in [-0.4, -0.2) is 76.8 Å². The highest BCUT2D eigenvalue weighted by Crippen LogP contribution is 2.35. The molecule has 3 aromatic rings. The number of benzene rings is 1. The molecular formula is C32H39N7O2. The van der Waals surface area contributed by atoms with Crippen molar-refractivity contribution >= 4 is 28.4 Å². The van der Waals surface area contributed by atoms with E-state index in [0.717, 1.165) is 68.0 Å². The third-order valence-corrected chi connectivity index (χ3v) is 8.43. The van der Waals surface area contributed by atoms with Gasteiger partial charge in [-0.3, -0.25) is 14.9 Å². The van der Waals surface area contributed by atoms with Crippen LogP contribution in [0.15, 0.2) is 42.7 Å². The van der Waals surface area contributed by atoms with Crippen molar-refractivity contribution in [1.82, 2.24) is 19.8 Å². The van der Waals surface area contributed by atoms with Crippen LogP contribution in [0.4, 0.5) is 16.2 Å². The van der Waals surface area contributed by atoms with Crippen LogP contribution in [0.3, 0.4) is 0 Å². The number of piperazine rings is 1. The standard InChI is InChI=1S/C32H39N7O2/c1-22-14-26(20-39(18-22)29-8-7-23(16-33)30-27(29)6-5-9-34-30)38-19-24-15-25(17-35-28(24)21-38)36-10-12-37(13-11-36)31(40)41-32(2,3)4/h5-9,15,17,22,26H,10-14,18-21H2,1-4H3/t22-,26+/m0/s1. The molecule has 0 unspecified atom stereocenters. The molecule has 2 atom stereocenters. The number of carbonyl (C=O) groups is 1. The highest BCUT2D eigenvalue weighted by molar-refractivity contribution is 5.95. The predicted octanol–water partition coefficient (Wildman–Crippen LogP) is 4.79. The Bertz CT molecular complexity index is 1490. The lowest BCUT2D eigenvalue weighted by Gasteiger charge is -2.42. The molecule has 2 saturated heterocycles. The van der Waals surface area contributed by atoms with Gasteiger partial charge >= 0.3 is 6.09 Å². The fraction of sp³-hybridized carbons (Fsp3) is 0.500. The van der Waals surface area contributed by atoms with E-state index in [9.17, 15) is 10.1 Å². The minimum Gasteiger partial charge on any atom is -0.444 e. The van der Waals surface area contributed by atoms with Crippen molar-refractivity contribution in [2.75, 3.05) is 49.1 Å². The lowest BCUT2D eigenvalue weighted by atomic mass is 9.93. The molecule has 3 aliphatic heterocycles. The molecule has 3 aliphatic rings. The Hall–Kier alpha value is -3.90. The molecule has 0 aliphatic carbocycles. The summed E-state index contributed by atoms with van der Waals surface area (Å²) >= 11 is 0. The highest BCUT2D eigenvalue weighted by atomic mass is 16.6. The van der Waals surface area contributed by atoms with Crippen molar-refractivity contribution in [1.29, 1.82) is 5.26 Å².